The van der Waals surface area contributed by atoms with E-state index in [9.17, 15) is 8.42 Å². The maximum absolute atomic E-state index is 12.3. The molecule has 4 nitrogen and oxygen atoms in total. The molecule has 0 aromatic heterocycles. The van der Waals surface area contributed by atoms with Crippen molar-refractivity contribution in [1.82, 2.24) is 4.72 Å². The first-order valence-corrected chi connectivity index (χ1v) is 9.18. The van der Waals surface area contributed by atoms with Gasteiger partial charge < -0.3 is 5.11 Å². The number of halogens is 1. The number of nitrogens with one attached hydrogen (secondary N) is 1. The van der Waals surface area contributed by atoms with Crippen molar-refractivity contribution in [2.24, 2.45) is 0 Å². The maximum Gasteiger partial charge on any atom is 0.240 e. The lowest BCUT2D eigenvalue weighted by atomic mass is 10.1. The van der Waals surface area contributed by atoms with Crippen LogP contribution < -0.4 is 4.72 Å². The molecule has 0 heterocycles. The Hall–Kier alpha value is -0.620. The van der Waals surface area contributed by atoms with Crippen LogP contribution in [0, 0.1) is 0 Å². The fourth-order valence-electron chi connectivity index (χ4n) is 2.09. The van der Waals surface area contributed by atoms with Gasteiger partial charge in [-0.3, -0.25) is 0 Å². The molecule has 0 bridgehead atoms. The van der Waals surface area contributed by atoms with Gasteiger partial charge in [-0.2, -0.15) is 0 Å². The van der Waals surface area contributed by atoms with Crippen LogP contribution in [0.1, 0.15) is 51.5 Å². The van der Waals surface area contributed by atoms with Crippen LogP contribution in [-0.4, -0.2) is 19.6 Å². The number of benzene rings is 1. The minimum Gasteiger partial charge on any atom is -0.392 e. The van der Waals surface area contributed by atoms with Crippen molar-refractivity contribution in [3.05, 3.63) is 28.8 Å². The SMILES string of the molecule is CCCCCCC(C)NS(=O)(=O)c1ccc(CO)c(Cl)c1. The predicted molar refractivity (Wildman–Crippen MR) is 85.9 cm³/mol. The molecule has 0 aliphatic heterocycles. The molecular weight excluding hydrogens is 310 g/mol. The first kappa shape index (κ1) is 18.4. The molecule has 0 aliphatic carbocycles. The summed E-state index contributed by atoms with van der Waals surface area (Å²) in [6, 6.07) is 4.26. The fraction of sp³-hybridized carbons (Fsp3) is 0.600. The van der Waals surface area contributed by atoms with Gasteiger partial charge in [0.25, 0.3) is 0 Å². The zero-order valence-electron chi connectivity index (χ0n) is 12.6. The Kier molecular flexibility index (Phi) is 7.66. The molecular formula is C15H24ClNO3S. The Morgan fingerprint density at radius 2 is 2.00 bits per heavy atom. The molecule has 1 rings (SSSR count). The van der Waals surface area contributed by atoms with Crippen molar-refractivity contribution >= 4 is 21.6 Å². The summed E-state index contributed by atoms with van der Waals surface area (Å²) in [5.41, 5.74) is 0.517. The van der Waals surface area contributed by atoms with E-state index >= 15 is 0 Å². The summed E-state index contributed by atoms with van der Waals surface area (Å²) in [5, 5.41) is 9.31. The topological polar surface area (TPSA) is 66.4 Å². The van der Waals surface area contributed by atoms with Crippen molar-refractivity contribution in [3.8, 4) is 0 Å². The fourth-order valence-corrected chi connectivity index (χ4v) is 3.70. The van der Waals surface area contributed by atoms with E-state index in [1.807, 2.05) is 6.92 Å². The number of hydrogen-bond acceptors (Lipinski definition) is 3. The Morgan fingerprint density at radius 1 is 1.29 bits per heavy atom. The predicted octanol–water partition coefficient (Wildman–Crippen LogP) is 3.47. The lowest BCUT2D eigenvalue weighted by Crippen LogP contribution is -2.32. The molecule has 0 fully saturated rings. The summed E-state index contributed by atoms with van der Waals surface area (Å²) in [6.45, 7) is 3.81. The highest BCUT2D eigenvalue weighted by Crippen LogP contribution is 2.21. The smallest absolute Gasteiger partial charge is 0.240 e. The van der Waals surface area contributed by atoms with Gasteiger partial charge in [0.05, 0.1) is 11.5 Å². The first-order valence-electron chi connectivity index (χ1n) is 7.32. The van der Waals surface area contributed by atoms with E-state index in [1.54, 1.807) is 0 Å². The van der Waals surface area contributed by atoms with Crippen molar-refractivity contribution < 1.29 is 13.5 Å². The molecule has 0 radical (unpaired) electrons. The van der Waals surface area contributed by atoms with Gasteiger partial charge in [0.2, 0.25) is 10.0 Å². The molecule has 0 amide bonds. The highest BCUT2D eigenvalue weighted by molar-refractivity contribution is 7.89. The van der Waals surface area contributed by atoms with Gasteiger partial charge in [-0.15, -0.1) is 0 Å². The van der Waals surface area contributed by atoms with Crippen molar-refractivity contribution in [1.29, 1.82) is 0 Å². The van der Waals surface area contributed by atoms with Crippen molar-refractivity contribution in [3.63, 3.8) is 0 Å². The molecule has 1 aromatic rings. The number of hydrogen-bond donors (Lipinski definition) is 2. The van der Waals surface area contributed by atoms with E-state index in [0.29, 0.717) is 5.56 Å². The average Bonchev–Trinajstić information content (AvgIpc) is 2.43. The standard InChI is InChI=1S/C15H24ClNO3S/c1-3-4-5-6-7-12(2)17-21(19,20)14-9-8-13(11-18)15(16)10-14/h8-10,12,17-18H,3-7,11H2,1-2H3. The summed E-state index contributed by atoms with van der Waals surface area (Å²) in [4.78, 5) is 0.130. The van der Waals surface area contributed by atoms with E-state index in [1.165, 1.54) is 24.6 Å². The Bertz CT molecular complexity index is 546. The third-order valence-corrected chi connectivity index (χ3v) is 5.29. The lowest BCUT2D eigenvalue weighted by Gasteiger charge is -2.14. The summed E-state index contributed by atoms with van der Waals surface area (Å²) in [5.74, 6) is 0. The summed E-state index contributed by atoms with van der Waals surface area (Å²) >= 11 is 5.94. The van der Waals surface area contributed by atoms with Gasteiger partial charge in [-0.05, 0) is 31.0 Å². The second-order valence-electron chi connectivity index (χ2n) is 5.28. The molecule has 21 heavy (non-hydrogen) atoms. The van der Waals surface area contributed by atoms with Crippen LogP contribution in [-0.2, 0) is 16.6 Å². The van der Waals surface area contributed by atoms with Crippen LogP contribution in [0.25, 0.3) is 0 Å². The second kappa shape index (κ2) is 8.73. The van der Waals surface area contributed by atoms with Gasteiger partial charge in [0, 0.05) is 11.1 Å². The largest absolute Gasteiger partial charge is 0.392 e. The summed E-state index contributed by atoms with van der Waals surface area (Å²) in [6.07, 6.45) is 5.30. The monoisotopic (exact) mass is 333 g/mol. The summed E-state index contributed by atoms with van der Waals surface area (Å²) in [7, 11) is -3.57. The lowest BCUT2D eigenvalue weighted by molar-refractivity contribution is 0.282. The normalized spacial score (nSPS) is 13.3. The molecule has 1 aromatic carbocycles. The van der Waals surface area contributed by atoms with Gasteiger partial charge in [0.1, 0.15) is 0 Å². The number of rotatable bonds is 9. The number of unbranched alkanes of at least 4 members (excludes halogenated alkanes) is 3. The van der Waals surface area contributed by atoms with E-state index < -0.39 is 10.0 Å². The van der Waals surface area contributed by atoms with E-state index in [0.717, 1.165) is 25.7 Å². The minimum atomic E-state index is -3.57. The molecule has 6 heteroatoms. The van der Waals surface area contributed by atoms with E-state index in [-0.39, 0.29) is 22.6 Å². The second-order valence-corrected chi connectivity index (χ2v) is 7.40. The quantitative estimate of drug-likeness (QED) is 0.680. The van der Waals surface area contributed by atoms with Crippen LogP contribution in [0.5, 0.6) is 0 Å². The van der Waals surface area contributed by atoms with Gasteiger partial charge >= 0.3 is 0 Å². The molecule has 0 saturated carbocycles. The molecule has 1 unspecified atom stereocenters. The van der Waals surface area contributed by atoms with Crippen molar-refractivity contribution in [2.45, 2.75) is 63.5 Å². The first-order chi connectivity index (χ1) is 9.90. The molecule has 0 spiro atoms. The molecule has 0 aliphatic rings. The number of aliphatic hydroxyl groups excluding tert-OH is 1. The molecule has 2 N–H and O–H groups in total. The summed E-state index contributed by atoms with van der Waals surface area (Å²) < 4.78 is 27.2. The maximum atomic E-state index is 12.3. The van der Waals surface area contributed by atoms with Crippen LogP contribution in [0.3, 0.4) is 0 Å². The average molecular weight is 334 g/mol. The van der Waals surface area contributed by atoms with Gasteiger partial charge in [-0.25, -0.2) is 13.1 Å². The third-order valence-electron chi connectivity index (χ3n) is 3.35. The highest BCUT2D eigenvalue weighted by Gasteiger charge is 2.18. The Morgan fingerprint density at radius 3 is 2.57 bits per heavy atom. The highest BCUT2D eigenvalue weighted by atomic mass is 35.5. The molecule has 120 valence electrons. The number of aliphatic hydroxyl groups is 1. The van der Waals surface area contributed by atoms with Gasteiger partial charge in [-0.1, -0.05) is 50.3 Å². The minimum absolute atomic E-state index is 0.108. The van der Waals surface area contributed by atoms with Crippen LogP contribution in [0.4, 0.5) is 0 Å². The van der Waals surface area contributed by atoms with Crippen LogP contribution in [0.2, 0.25) is 5.02 Å². The Labute approximate surface area is 132 Å². The van der Waals surface area contributed by atoms with E-state index in [4.69, 9.17) is 16.7 Å². The number of sulfonamides is 1. The van der Waals surface area contributed by atoms with Crippen LogP contribution >= 0.6 is 11.6 Å². The molecule has 0 saturated heterocycles. The van der Waals surface area contributed by atoms with Crippen LogP contribution in [0.15, 0.2) is 23.1 Å². The van der Waals surface area contributed by atoms with E-state index in [2.05, 4.69) is 11.6 Å². The van der Waals surface area contributed by atoms with Crippen molar-refractivity contribution in [2.75, 3.05) is 0 Å². The third kappa shape index (κ3) is 5.94. The zero-order valence-corrected chi connectivity index (χ0v) is 14.2. The zero-order chi connectivity index (χ0) is 15.9. The Balaban J connectivity index is 2.66. The van der Waals surface area contributed by atoms with Gasteiger partial charge in [0.15, 0.2) is 0 Å². The molecule has 1 atom stereocenters.